The topological polar surface area (TPSA) is 81.2 Å². The van der Waals surface area contributed by atoms with Crippen molar-refractivity contribution in [3.8, 4) is 16.3 Å². The fourth-order valence-electron chi connectivity index (χ4n) is 2.61. The van der Waals surface area contributed by atoms with Crippen molar-refractivity contribution in [1.82, 2.24) is 15.3 Å². The van der Waals surface area contributed by atoms with Crippen LogP contribution in [0.25, 0.3) is 10.6 Å². The van der Waals surface area contributed by atoms with Gasteiger partial charge in [0.05, 0.1) is 12.8 Å². The molecule has 2 heterocycles. The number of carbonyl (C=O) groups excluding carboxylic acids is 2. The number of carbonyl (C=O) groups is 2. The van der Waals surface area contributed by atoms with E-state index in [1.165, 1.54) is 0 Å². The molecule has 0 saturated carbocycles. The molecule has 28 heavy (non-hydrogen) atoms. The third-order valence-electron chi connectivity index (χ3n) is 4.15. The molecular formula is C21H21N3O3S. The molecule has 3 rings (SSSR count). The number of thiazole rings is 1. The predicted octanol–water partition coefficient (Wildman–Crippen LogP) is 3.54. The number of hydrogen-bond acceptors (Lipinski definition) is 6. The van der Waals surface area contributed by atoms with Crippen LogP contribution in [0.5, 0.6) is 5.75 Å². The Labute approximate surface area is 167 Å². The first kappa shape index (κ1) is 19.7. The quantitative estimate of drug-likeness (QED) is 0.561. The Bertz CT molecular complexity index is 924. The summed E-state index contributed by atoms with van der Waals surface area (Å²) in [6, 6.07) is 10.7. The van der Waals surface area contributed by atoms with Crippen LogP contribution in [0.1, 0.15) is 28.9 Å². The highest BCUT2D eigenvalue weighted by Crippen LogP contribution is 2.22. The molecule has 0 fully saturated rings. The maximum absolute atomic E-state index is 12.1. The minimum absolute atomic E-state index is 0.0570. The monoisotopic (exact) mass is 395 g/mol. The SMILES string of the molecule is COc1ccc(C(=O)CCC(=O)NCCc2csc(-c3cccnc3)n2)cc1. The first-order chi connectivity index (χ1) is 13.7. The minimum Gasteiger partial charge on any atom is -0.497 e. The van der Waals surface area contributed by atoms with Crippen molar-refractivity contribution in [3.63, 3.8) is 0 Å². The summed E-state index contributed by atoms with van der Waals surface area (Å²) in [5.74, 6) is 0.506. The molecule has 0 aliphatic carbocycles. The van der Waals surface area contributed by atoms with Gasteiger partial charge in [-0.15, -0.1) is 11.3 Å². The summed E-state index contributed by atoms with van der Waals surface area (Å²) in [4.78, 5) is 32.8. The average molecular weight is 395 g/mol. The molecule has 0 aliphatic rings. The molecule has 0 aliphatic heterocycles. The highest BCUT2D eigenvalue weighted by atomic mass is 32.1. The Kier molecular flexibility index (Phi) is 6.86. The molecule has 7 heteroatoms. The van der Waals surface area contributed by atoms with Crippen molar-refractivity contribution < 1.29 is 14.3 Å². The number of rotatable bonds is 9. The van der Waals surface area contributed by atoms with Gasteiger partial charge >= 0.3 is 0 Å². The highest BCUT2D eigenvalue weighted by molar-refractivity contribution is 7.13. The summed E-state index contributed by atoms with van der Waals surface area (Å²) in [5, 5.41) is 5.75. The van der Waals surface area contributed by atoms with Crippen LogP contribution < -0.4 is 10.1 Å². The van der Waals surface area contributed by atoms with Crippen LogP contribution >= 0.6 is 11.3 Å². The van der Waals surface area contributed by atoms with Crippen molar-refractivity contribution in [2.75, 3.05) is 13.7 Å². The summed E-state index contributed by atoms with van der Waals surface area (Å²) in [7, 11) is 1.58. The Hall–Kier alpha value is -3.06. The van der Waals surface area contributed by atoms with Crippen LogP contribution in [0.3, 0.4) is 0 Å². The molecule has 0 saturated heterocycles. The fraction of sp³-hybridized carbons (Fsp3) is 0.238. The van der Waals surface area contributed by atoms with E-state index >= 15 is 0 Å². The number of nitrogens with zero attached hydrogens (tertiary/aromatic N) is 2. The number of benzene rings is 1. The van der Waals surface area contributed by atoms with Crippen LogP contribution in [0.2, 0.25) is 0 Å². The van der Waals surface area contributed by atoms with E-state index in [2.05, 4.69) is 15.3 Å². The molecular weight excluding hydrogens is 374 g/mol. The van der Waals surface area contributed by atoms with Gasteiger partial charge in [0.15, 0.2) is 5.78 Å². The van der Waals surface area contributed by atoms with E-state index in [0.29, 0.717) is 24.3 Å². The Morgan fingerprint density at radius 2 is 1.96 bits per heavy atom. The summed E-state index contributed by atoms with van der Waals surface area (Å²) in [6.45, 7) is 0.492. The van der Waals surface area contributed by atoms with Gasteiger partial charge < -0.3 is 10.1 Å². The van der Waals surface area contributed by atoms with E-state index in [9.17, 15) is 9.59 Å². The highest BCUT2D eigenvalue weighted by Gasteiger charge is 2.10. The number of Topliss-reactive ketones (excluding diaryl/α,β-unsaturated/α-hetero) is 1. The summed E-state index contributed by atoms with van der Waals surface area (Å²) in [5.41, 5.74) is 2.50. The largest absolute Gasteiger partial charge is 0.497 e. The molecule has 1 N–H and O–H groups in total. The van der Waals surface area contributed by atoms with Crippen molar-refractivity contribution in [2.24, 2.45) is 0 Å². The number of pyridine rings is 1. The molecule has 0 bridgehead atoms. The van der Waals surface area contributed by atoms with Crippen LogP contribution in [-0.4, -0.2) is 35.3 Å². The number of nitrogens with one attached hydrogen (secondary N) is 1. The van der Waals surface area contributed by atoms with Gasteiger partial charge in [-0.3, -0.25) is 14.6 Å². The first-order valence-corrected chi connectivity index (χ1v) is 9.82. The third-order valence-corrected chi connectivity index (χ3v) is 5.09. The maximum Gasteiger partial charge on any atom is 0.220 e. The second-order valence-electron chi connectivity index (χ2n) is 6.14. The lowest BCUT2D eigenvalue weighted by Gasteiger charge is -2.05. The molecule has 2 aromatic heterocycles. The standard InChI is InChI=1S/C21H21N3O3S/c1-27-18-6-4-15(5-7-18)19(25)8-9-20(26)23-12-10-17-14-28-21(24-17)16-3-2-11-22-13-16/h2-7,11,13-14H,8-10,12H2,1H3,(H,23,26). The lowest BCUT2D eigenvalue weighted by molar-refractivity contribution is -0.121. The van der Waals surface area contributed by atoms with Crippen molar-refractivity contribution >= 4 is 23.0 Å². The molecule has 0 spiro atoms. The van der Waals surface area contributed by atoms with Crippen LogP contribution in [0.4, 0.5) is 0 Å². The smallest absolute Gasteiger partial charge is 0.220 e. The normalized spacial score (nSPS) is 10.5. The van der Waals surface area contributed by atoms with Crippen LogP contribution in [0.15, 0.2) is 54.2 Å². The summed E-state index contributed by atoms with van der Waals surface area (Å²) >= 11 is 1.56. The van der Waals surface area contributed by atoms with Gasteiger partial charge in [-0.25, -0.2) is 4.98 Å². The lowest BCUT2D eigenvalue weighted by atomic mass is 10.1. The molecule has 6 nitrogen and oxygen atoms in total. The van der Waals surface area contributed by atoms with Gasteiger partial charge in [0, 0.05) is 54.7 Å². The van der Waals surface area contributed by atoms with Crippen molar-refractivity contribution in [1.29, 1.82) is 0 Å². The van der Waals surface area contributed by atoms with E-state index < -0.39 is 0 Å². The molecule has 0 unspecified atom stereocenters. The summed E-state index contributed by atoms with van der Waals surface area (Å²) in [6.07, 6.45) is 4.51. The zero-order chi connectivity index (χ0) is 19.8. The van der Waals surface area contributed by atoms with E-state index in [4.69, 9.17) is 4.74 Å². The van der Waals surface area contributed by atoms with Gasteiger partial charge in [-0.2, -0.15) is 0 Å². The zero-order valence-corrected chi connectivity index (χ0v) is 16.4. The number of hydrogen-bond donors (Lipinski definition) is 1. The van der Waals surface area contributed by atoms with E-state index in [0.717, 1.165) is 16.3 Å². The number of aromatic nitrogens is 2. The first-order valence-electron chi connectivity index (χ1n) is 8.94. The third kappa shape index (κ3) is 5.47. The predicted molar refractivity (Wildman–Crippen MR) is 109 cm³/mol. The number of methoxy groups -OCH3 is 1. The second-order valence-corrected chi connectivity index (χ2v) is 7.00. The van der Waals surface area contributed by atoms with Crippen molar-refractivity contribution in [3.05, 3.63) is 65.4 Å². The van der Waals surface area contributed by atoms with Gasteiger partial charge in [0.1, 0.15) is 10.8 Å². The maximum atomic E-state index is 12.1. The number of ketones is 1. The van der Waals surface area contributed by atoms with Gasteiger partial charge in [0.2, 0.25) is 5.91 Å². The molecule has 144 valence electrons. The Balaban J connectivity index is 1.40. The zero-order valence-electron chi connectivity index (χ0n) is 15.6. The molecule has 1 amide bonds. The summed E-state index contributed by atoms with van der Waals surface area (Å²) < 4.78 is 5.07. The average Bonchev–Trinajstić information content (AvgIpc) is 3.21. The van der Waals surface area contributed by atoms with E-state index in [1.807, 2.05) is 17.5 Å². The number of ether oxygens (including phenoxy) is 1. The Morgan fingerprint density at radius 1 is 1.14 bits per heavy atom. The molecule has 0 atom stereocenters. The molecule has 3 aromatic rings. The fourth-order valence-corrected chi connectivity index (χ4v) is 3.46. The molecule has 0 radical (unpaired) electrons. The lowest BCUT2D eigenvalue weighted by Crippen LogP contribution is -2.26. The second kappa shape index (κ2) is 9.75. The number of amides is 1. The minimum atomic E-state index is -0.135. The molecule has 1 aromatic carbocycles. The van der Waals surface area contributed by atoms with Gasteiger partial charge in [-0.1, -0.05) is 0 Å². The van der Waals surface area contributed by atoms with E-state index in [-0.39, 0.29) is 24.5 Å². The van der Waals surface area contributed by atoms with Crippen molar-refractivity contribution in [2.45, 2.75) is 19.3 Å². The van der Waals surface area contributed by atoms with E-state index in [1.54, 1.807) is 55.1 Å². The van der Waals surface area contributed by atoms with Gasteiger partial charge in [-0.05, 0) is 36.4 Å². The Morgan fingerprint density at radius 3 is 2.68 bits per heavy atom. The van der Waals surface area contributed by atoms with Crippen LogP contribution in [0, 0.1) is 0 Å². The van der Waals surface area contributed by atoms with Gasteiger partial charge in [0.25, 0.3) is 0 Å². The van der Waals surface area contributed by atoms with Crippen LogP contribution in [-0.2, 0) is 11.2 Å².